The summed E-state index contributed by atoms with van der Waals surface area (Å²) in [7, 11) is 0. The highest BCUT2D eigenvalue weighted by atomic mass is 32.1. The highest BCUT2D eigenvalue weighted by Crippen LogP contribution is 2.65. The summed E-state index contributed by atoms with van der Waals surface area (Å²) in [5.74, 6) is 2.17. The fraction of sp³-hybridized carbons (Fsp3) is 0.739. The van der Waals surface area contributed by atoms with E-state index in [1.165, 1.54) is 24.1 Å². The molecule has 6 bridgehead atoms. The summed E-state index contributed by atoms with van der Waals surface area (Å²) in [5, 5.41) is 7.11. The molecule has 1 aromatic heterocycles. The van der Waals surface area contributed by atoms with E-state index in [0.29, 0.717) is 18.0 Å². The van der Waals surface area contributed by atoms with E-state index in [1.807, 2.05) is 0 Å². The molecule has 1 saturated heterocycles. The number of anilines is 1. The lowest BCUT2D eigenvalue weighted by molar-refractivity contribution is -0.127. The second kappa shape index (κ2) is 6.55. The minimum Gasteiger partial charge on any atom is -0.370 e. The van der Waals surface area contributed by atoms with Crippen LogP contribution in [0, 0.1) is 23.2 Å². The van der Waals surface area contributed by atoms with Gasteiger partial charge in [-0.1, -0.05) is 6.92 Å². The quantitative estimate of drug-likeness (QED) is 0.749. The Labute approximate surface area is 176 Å². The number of nitrogens with one attached hydrogen (secondary N) is 2. The van der Waals surface area contributed by atoms with Crippen LogP contribution in [0.25, 0.3) is 0 Å². The Morgan fingerprint density at radius 3 is 2.72 bits per heavy atom. The number of hydrogen-bond acceptors (Lipinski definition) is 4. The van der Waals surface area contributed by atoms with Crippen LogP contribution >= 0.6 is 11.3 Å². The maximum absolute atomic E-state index is 13.6. The first-order valence-corrected chi connectivity index (χ1v) is 12.3. The maximum Gasteiger partial charge on any atom is 0.254 e. The predicted molar refractivity (Wildman–Crippen MR) is 112 cm³/mol. The van der Waals surface area contributed by atoms with Crippen molar-refractivity contribution in [1.29, 1.82) is 0 Å². The third kappa shape index (κ3) is 2.67. The summed E-state index contributed by atoms with van der Waals surface area (Å²) in [6, 6.07) is 0. The molecule has 7 rings (SSSR count). The Bertz CT molecular complexity index is 864. The van der Waals surface area contributed by atoms with Crippen molar-refractivity contribution in [3.8, 4) is 0 Å². The van der Waals surface area contributed by atoms with Crippen LogP contribution in [0.3, 0.4) is 0 Å². The van der Waals surface area contributed by atoms with Crippen molar-refractivity contribution in [3.05, 3.63) is 16.0 Å². The van der Waals surface area contributed by atoms with Crippen molar-refractivity contribution in [1.82, 2.24) is 5.32 Å². The Balaban J connectivity index is 1.34. The van der Waals surface area contributed by atoms with Gasteiger partial charge < -0.3 is 15.4 Å². The van der Waals surface area contributed by atoms with Crippen molar-refractivity contribution in [2.45, 2.75) is 76.9 Å². The molecule has 1 aromatic rings. The van der Waals surface area contributed by atoms with Crippen LogP contribution in [0.2, 0.25) is 0 Å². The average Bonchev–Trinajstić information content (AvgIpc) is 3.39. The van der Waals surface area contributed by atoms with Gasteiger partial charge in [-0.2, -0.15) is 0 Å². The highest BCUT2D eigenvalue weighted by molar-refractivity contribution is 7.17. The molecule has 5 fully saturated rings. The van der Waals surface area contributed by atoms with Gasteiger partial charge in [0.1, 0.15) is 5.00 Å². The van der Waals surface area contributed by atoms with Crippen LogP contribution in [0.1, 0.15) is 85.2 Å². The number of ether oxygens (including phenoxy) is 1. The normalized spacial score (nSPS) is 38.3. The molecule has 4 saturated carbocycles. The van der Waals surface area contributed by atoms with Crippen LogP contribution in [0.15, 0.2) is 0 Å². The molecular formula is C23H30N2O3S. The van der Waals surface area contributed by atoms with Crippen molar-refractivity contribution in [3.63, 3.8) is 0 Å². The summed E-state index contributed by atoms with van der Waals surface area (Å²) >= 11 is 1.63. The Hall–Kier alpha value is -1.40. The third-order valence-corrected chi connectivity index (χ3v) is 9.44. The third-order valence-electron chi connectivity index (χ3n) is 8.30. The molecule has 6 aliphatic rings. The van der Waals surface area contributed by atoms with Gasteiger partial charge in [-0.25, -0.2) is 0 Å². The van der Waals surface area contributed by atoms with E-state index >= 15 is 0 Å². The highest BCUT2D eigenvalue weighted by Gasteiger charge is 2.61. The van der Waals surface area contributed by atoms with Gasteiger partial charge >= 0.3 is 0 Å². The Kier molecular flexibility index (Phi) is 4.15. The van der Waals surface area contributed by atoms with Crippen LogP contribution in [-0.4, -0.2) is 24.5 Å². The second-order valence-electron chi connectivity index (χ2n) is 10.1. The minimum atomic E-state index is -0.176. The van der Waals surface area contributed by atoms with Gasteiger partial charge in [-0.15, -0.1) is 11.3 Å². The van der Waals surface area contributed by atoms with E-state index < -0.39 is 0 Å². The molecule has 0 aromatic carbocycles. The van der Waals surface area contributed by atoms with E-state index in [9.17, 15) is 9.59 Å². The number of fused-ring (bicyclic) bond motifs is 4. The van der Waals surface area contributed by atoms with Crippen LogP contribution in [0.4, 0.5) is 5.00 Å². The molecule has 4 unspecified atom stereocenters. The summed E-state index contributed by atoms with van der Waals surface area (Å²) in [6.45, 7) is 2.71. The largest absolute Gasteiger partial charge is 0.370 e. The standard InChI is InChI=1S/C23H30N2O3S/c1-2-5-24-20(26)19-18-16-4-3-15(28-16)9-17(18)29-21(19)25-22(27)23-10-12-6-13(11-23)8-14(23)7-12/h12-16H,2-11H2,1H3,(H,24,26)(H,25,27). The van der Waals surface area contributed by atoms with Gasteiger partial charge in [-0.05, 0) is 69.1 Å². The molecule has 3 heterocycles. The van der Waals surface area contributed by atoms with E-state index in [1.54, 1.807) is 11.3 Å². The lowest BCUT2D eigenvalue weighted by atomic mass is 9.75. The van der Waals surface area contributed by atoms with E-state index in [4.69, 9.17) is 4.74 Å². The molecule has 156 valence electrons. The van der Waals surface area contributed by atoms with Crippen molar-refractivity contribution in [2.75, 3.05) is 11.9 Å². The zero-order chi connectivity index (χ0) is 19.8. The predicted octanol–water partition coefficient (Wildman–Crippen LogP) is 4.43. The number of hydrogen-bond donors (Lipinski definition) is 2. The SMILES string of the molecule is CCCNC(=O)c1c(NC(=O)C23CC4CC(CC2C4)C3)sc2c1C1CCC(C2)O1. The second-order valence-corrected chi connectivity index (χ2v) is 11.2. The van der Waals surface area contributed by atoms with Crippen molar-refractivity contribution >= 4 is 28.2 Å². The van der Waals surface area contributed by atoms with Crippen molar-refractivity contribution in [2.24, 2.45) is 23.2 Å². The summed E-state index contributed by atoms with van der Waals surface area (Å²) in [5.41, 5.74) is 1.57. The van der Waals surface area contributed by atoms with E-state index in [0.717, 1.165) is 60.9 Å². The lowest BCUT2D eigenvalue weighted by Gasteiger charge is -2.31. The molecule has 5 nitrogen and oxygen atoms in total. The van der Waals surface area contributed by atoms with Gasteiger partial charge in [0.15, 0.2) is 0 Å². The molecule has 4 atom stereocenters. The lowest BCUT2D eigenvalue weighted by Crippen LogP contribution is -2.37. The molecule has 6 heteroatoms. The molecule has 2 aliphatic heterocycles. The zero-order valence-corrected chi connectivity index (χ0v) is 17.9. The molecule has 2 N–H and O–H groups in total. The smallest absolute Gasteiger partial charge is 0.254 e. The van der Waals surface area contributed by atoms with Gasteiger partial charge in [-0.3, -0.25) is 9.59 Å². The van der Waals surface area contributed by atoms with Gasteiger partial charge in [0.05, 0.1) is 23.2 Å². The number of carbonyl (C=O) groups excluding carboxylic acids is 2. The zero-order valence-electron chi connectivity index (χ0n) is 17.1. The first-order valence-electron chi connectivity index (χ1n) is 11.5. The van der Waals surface area contributed by atoms with Crippen LogP contribution in [-0.2, 0) is 16.0 Å². The maximum atomic E-state index is 13.6. The molecule has 4 aliphatic carbocycles. The molecule has 0 spiro atoms. The topological polar surface area (TPSA) is 67.4 Å². The molecule has 0 radical (unpaired) electrons. The number of rotatable bonds is 5. The Morgan fingerprint density at radius 2 is 1.97 bits per heavy atom. The van der Waals surface area contributed by atoms with Crippen molar-refractivity contribution < 1.29 is 14.3 Å². The molecular weight excluding hydrogens is 384 g/mol. The van der Waals surface area contributed by atoms with E-state index in [-0.39, 0.29) is 29.4 Å². The number of thiophene rings is 1. The monoisotopic (exact) mass is 414 g/mol. The first-order chi connectivity index (χ1) is 14.1. The molecule has 29 heavy (non-hydrogen) atoms. The first kappa shape index (κ1) is 18.4. The Morgan fingerprint density at radius 1 is 1.17 bits per heavy atom. The fourth-order valence-corrected chi connectivity index (χ4v) is 8.60. The van der Waals surface area contributed by atoms with Crippen LogP contribution in [0.5, 0.6) is 0 Å². The van der Waals surface area contributed by atoms with Gasteiger partial charge in [0.25, 0.3) is 5.91 Å². The number of carbonyl (C=O) groups is 2. The molecule has 2 amide bonds. The summed E-state index contributed by atoms with van der Waals surface area (Å²) in [6.07, 6.45) is 10.00. The van der Waals surface area contributed by atoms with Gasteiger partial charge in [0.2, 0.25) is 5.91 Å². The van der Waals surface area contributed by atoms with Gasteiger partial charge in [0, 0.05) is 23.4 Å². The summed E-state index contributed by atoms with van der Waals surface area (Å²) in [4.78, 5) is 27.9. The average molecular weight is 415 g/mol. The fourth-order valence-electron chi connectivity index (χ4n) is 7.29. The van der Waals surface area contributed by atoms with Crippen LogP contribution < -0.4 is 10.6 Å². The van der Waals surface area contributed by atoms with E-state index in [2.05, 4.69) is 17.6 Å². The number of amides is 2. The minimum absolute atomic E-state index is 0.0181. The summed E-state index contributed by atoms with van der Waals surface area (Å²) < 4.78 is 6.14.